The molecule has 0 aliphatic carbocycles. The van der Waals surface area contributed by atoms with Crippen LogP contribution in [0.2, 0.25) is 20.1 Å². The van der Waals surface area contributed by atoms with Gasteiger partial charge in [0.15, 0.2) is 0 Å². The van der Waals surface area contributed by atoms with Gasteiger partial charge in [-0.05, 0) is 65.2 Å². The van der Waals surface area contributed by atoms with Crippen LogP contribution in [0.25, 0.3) is 0 Å². The summed E-state index contributed by atoms with van der Waals surface area (Å²) >= 11 is 28.0. The molecule has 0 fully saturated rings. The van der Waals surface area contributed by atoms with Crippen LogP contribution in [0.3, 0.4) is 0 Å². The van der Waals surface area contributed by atoms with Gasteiger partial charge in [0.2, 0.25) is 0 Å². The molecule has 0 radical (unpaired) electrons. The van der Waals surface area contributed by atoms with Crippen LogP contribution in [0.15, 0.2) is 46.9 Å². The Morgan fingerprint density at radius 2 is 1.56 bits per heavy atom. The van der Waals surface area contributed by atoms with Gasteiger partial charge in [-0.1, -0.05) is 58.5 Å². The van der Waals surface area contributed by atoms with Crippen LogP contribution >= 0.6 is 62.3 Å². The van der Waals surface area contributed by atoms with Crippen LogP contribution in [0, 0.1) is 13.8 Å². The highest BCUT2D eigenvalue weighted by atomic mass is 79.9. The summed E-state index contributed by atoms with van der Waals surface area (Å²) in [5.74, 6) is 0.154. The van der Waals surface area contributed by atoms with E-state index in [0.717, 1.165) is 0 Å². The fourth-order valence-electron chi connectivity index (χ4n) is 2.85. The predicted molar refractivity (Wildman–Crippen MR) is 133 cm³/mol. The monoisotopic (exact) mass is 574 g/mol. The molecule has 0 atom stereocenters. The molecule has 3 aromatic carbocycles. The van der Waals surface area contributed by atoms with Gasteiger partial charge >= 0.3 is 6.03 Å². The average molecular weight is 577 g/mol. The Hall–Kier alpha value is -1.96. The van der Waals surface area contributed by atoms with Crippen LogP contribution < -0.4 is 15.4 Å². The number of urea groups is 1. The number of hydrogen-bond acceptors (Lipinski definition) is 3. The molecule has 3 aromatic rings. The minimum absolute atomic E-state index is 0.187. The van der Waals surface area contributed by atoms with Crippen molar-refractivity contribution in [3.63, 3.8) is 0 Å². The average Bonchev–Trinajstić information content (AvgIpc) is 2.73. The molecule has 0 saturated carbocycles. The highest BCUT2D eigenvalue weighted by molar-refractivity contribution is 9.10. The molecule has 3 rings (SSSR count). The molecular formula is C22H15BrCl4N2O3. The second-order valence-electron chi connectivity index (χ2n) is 6.69. The summed E-state index contributed by atoms with van der Waals surface area (Å²) in [7, 11) is 0. The van der Waals surface area contributed by atoms with E-state index in [9.17, 15) is 9.59 Å². The number of imide groups is 1. The lowest BCUT2D eigenvalue weighted by molar-refractivity contribution is 0.0967. The van der Waals surface area contributed by atoms with E-state index in [-0.39, 0.29) is 15.6 Å². The van der Waals surface area contributed by atoms with Crippen LogP contribution in [0.5, 0.6) is 11.5 Å². The van der Waals surface area contributed by atoms with E-state index in [1.165, 1.54) is 6.07 Å². The largest absolute Gasteiger partial charge is 0.455 e. The second kappa shape index (κ2) is 10.3. The van der Waals surface area contributed by atoms with Crippen LogP contribution in [0.4, 0.5) is 10.5 Å². The summed E-state index contributed by atoms with van der Waals surface area (Å²) in [6, 6.07) is 10.5. The number of nitrogens with one attached hydrogen (secondary N) is 2. The van der Waals surface area contributed by atoms with Gasteiger partial charge in [0, 0.05) is 11.8 Å². The number of benzene rings is 3. The molecule has 0 unspecified atom stereocenters. The minimum Gasteiger partial charge on any atom is -0.455 e. The first-order valence-corrected chi connectivity index (χ1v) is 11.4. The third-order valence-electron chi connectivity index (χ3n) is 4.44. The number of hydrogen-bond donors (Lipinski definition) is 2. The molecule has 5 nitrogen and oxygen atoms in total. The first-order valence-electron chi connectivity index (χ1n) is 9.07. The fraction of sp³-hybridized carbons (Fsp3) is 0.0909. The molecule has 0 bridgehead atoms. The summed E-state index contributed by atoms with van der Waals surface area (Å²) in [6.45, 7) is 3.49. The summed E-state index contributed by atoms with van der Waals surface area (Å²) < 4.78 is 6.51. The molecule has 0 spiro atoms. The van der Waals surface area contributed by atoms with Crippen LogP contribution in [-0.4, -0.2) is 11.9 Å². The van der Waals surface area contributed by atoms with Gasteiger partial charge in [-0.3, -0.25) is 10.1 Å². The topological polar surface area (TPSA) is 67.4 Å². The van der Waals surface area contributed by atoms with Crippen LogP contribution in [-0.2, 0) is 0 Å². The summed E-state index contributed by atoms with van der Waals surface area (Å²) in [6.07, 6.45) is 0. The quantitative estimate of drug-likeness (QED) is 0.306. The predicted octanol–water partition coefficient (Wildman–Crippen LogP) is 8.43. The number of carbonyl (C=O) groups is 2. The maximum Gasteiger partial charge on any atom is 0.326 e. The van der Waals surface area contributed by atoms with Crippen molar-refractivity contribution >= 4 is 80.0 Å². The lowest BCUT2D eigenvalue weighted by atomic mass is 10.1. The van der Waals surface area contributed by atoms with Crippen molar-refractivity contribution in [1.82, 2.24) is 5.32 Å². The van der Waals surface area contributed by atoms with Crippen molar-refractivity contribution in [2.45, 2.75) is 13.8 Å². The van der Waals surface area contributed by atoms with E-state index in [1.54, 1.807) is 50.2 Å². The van der Waals surface area contributed by atoms with E-state index in [4.69, 9.17) is 51.1 Å². The Morgan fingerprint density at radius 1 is 0.906 bits per heavy atom. The zero-order valence-corrected chi connectivity index (χ0v) is 21.3. The molecule has 2 N–H and O–H groups in total. The highest BCUT2D eigenvalue weighted by Gasteiger charge is 2.19. The number of aryl methyl sites for hydroxylation is 1. The van der Waals surface area contributed by atoms with Crippen molar-refractivity contribution in [2.24, 2.45) is 0 Å². The molecular weight excluding hydrogens is 562 g/mol. The van der Waals surface area contributed by atoms with E-state index in [0.29, 0.717) is 42.8 Å². The number of amides is 3. The van der Waals surface area contributed by atoms with Crippen LogP contribution in [0.1, 0.15) is 21.5 Å². The zero-order chi connectivity index (χ0) is 23.6. The lowest BCUT2D eigenvalue weighted by Gasteiger charge is -2.17. The SMILES string of the molecule is Cc1cc(Oc2cc(Cl)c(Cl)cc2Br)c(Cl)c(C)c1NC(=O)NC(=O)c1ccccc1Cl. The Labute approximate surface area is 213 Å². The summed E-state index contributed by atoms with van der Waals surface area (Å²) in [5.41, 5.74) is 1.85. The first kappa shape index (κ1) is 24.7. The second-order valence-corrected chi connectivity index (χ2v) is 9.15. The summed E-state index contributed by atoms with van der Waals surface area (Å²) in [4.78, 5) is 24.7. The molecule has 0 aromatic heterocycles. The van der Waals surface area contributed by atoms with E-state index in [2.05, 4.69) is 26.6 Å². The number of ether oxygens (including phenoxy) is 1. The fourth-order valence-corrected chi connectivity index (χ4v) is 4.13. The molecule has 0 saturated heterocycles. The van der Waals surface area contributed by atoms with Crippen molar-refractivity contribution in [1.29, 1.82) is 0 Å². The summed E-state index contributed by atoms with van der Waals surface area (Å²) in [5, 5.41) is 6.13. The van der Waals surface area contributed by atoms with Gasteiger partial charge in [0.25, 0.3) is 5.91 Å². The number of anilines is 1. The van der Waals surface area contributed by atoms with Gasteiger partial charge in [-0.2, -0.15) is 0 Å². The number of halogens is 5. The third kappa shape index (κ3) is 5.50. The Morgan fingerprint density at radius 3 is 2.25 bits per heavy atom. The molecule has 166 valence electrons. The van der Waals surface area contributed by atoms with Crippen molar-refractivity contribution in [3.05, 3.63) is 83.7 Å². The Bertz CT molecular complexity index is 1230. The molecule has 0 aliphatic heterocycles. The van der Waals surface area contributed by atoms with Gasteiger partial charge in [-0.25, -0.2) is 4.79 Å². The molecule has 0 aliphatic rings. The van der Waals surface area contributed by atoms with Gasteiger partial charge in [0.05, 0.1) is 30.1 Å². The number of carbonyl (C=O) groups excluding carboxylic acids is 2. The van der Waals surface area contributed by atoms with Gasteiger partial charge in [0.1, 0.15) is 11.5 Å². The standard InChI is InChI=1S/C22H15BrCl4N2O3/c1-10-7-18(32-17-9-16(26)15(25)8-13(17)23)19(27)11(2)20(10)28-22(31)29-21(30)12-5-3-4-6-14(12)24/h3-9H,1-2H3,(H2,28,29,30,31). The van der Waals surface area contributed by atoms with Crippen molar-refractivity contribution in [3.8, 4) is 11.5 Å². The van der Waals surface area contributed by atoms with E-state index < -0.39 is 11.9 Å². The molecule has 32 heavy (non-hydrogen) atoms. The van der Waals surface area contributed by atoms with E-state index in [1.807, 2.05) is 0 Å². The van der Waals surface area contributed by atoms with Crippen molar-refractivity contribution < 1.29 is 14.3 Å². The maximum absolute atomic E-state index is 12.4. The Kier molecular flexibility index (Phi) is 7.96. The van der Waals surface area contributed by atoms with Gasteiger partial charge in [-0.15, -0.1) is 0 Å². The van der Waals surface area contributed by atoms with Crippen molar-refractivity contribution in [2.75, 3.05) is 5.32 Å². The maximum atomic E-state index is 12.4. The smallest absolute Gasteiger partial charge is 0.326 e. The molecule has 0 heterocycles. The lowest BCUT2D eigenvalue weighted by Crippen LogP contribution is -2.34. The third-order valence-corrected chi connectivity index (χ3v) is 6.58. The number of rotatable bonds is 4. The highest BCUT2D eigenvalue weighted by Crippen LogP contribution is 2.41. The minimum atomic E-state index is -0.724. The first-order chi connectivity index (χ1) is 15.1. The zero-order valence-electron chi connectivity index (χ0n) is 16.7. The van der Waals surface area contributed by atoms with Gasteiger partial charge < -0.3 is 10.1 Å². The molecule has 3 amide bonds. The molecule has 10 heteroatoms. The van der Waals surface area contributed by atoms with E-state index >= 15 is 0 Å². The Balaban J connectivity index is 1.81. The normalized spacial score (nSPS) is 10.6.